The van der Waals surface area contributed by atoms with Crippen molar-refractivity contribution >= 4 is 26.9 Å². The maximum atomic E-state index is 5.43. The van der Waals surface area contributed by atoms with Gasteiger partial charge in [0.25, 0.3) is 0 Å². The van der Waals surface area contributed by atoms with Crippen LogP contribution in [-0.2, 0) is 0 Å². The van der Waals surface area contributed by atoms with Crippen LogP contribution in [-0.4, -0.2) is 13.1 Å². The Kier molecular flexibility index (Phi) is 2.74. The molecule has 0 saturated carbocycles. The van der Waals surface area contributed by atoms with Crippen molar-refractivity contribution in [1.29, 1.82) is 0 Å². The average Bonchev–Trinajstić information content (AvgIpc) is 2.72. The molecule has 0 unspecified atom stereocenters. The van der Waals surface area contributed by atoms with Crippen LogP contribution >= 0.6 is 15.9 Å². The molecule has 0 radical (unpaired) electrons. The van der Waals surface area contributed by atoms with E-state index in [-0.39, 0.29) is 0 Å². The molecule has 1 N–H and O–H groups in total. The van der Waals surface area contributed by atoms with Gasteiger partial charge in [-0.1, -0.05) is 6.07 Å². The molecule has 2 aromatic rings. The van der Waals surface area contributed by atoms with E-state index >= 15 is 0 Å². The van der Waals surface area contributed by atoms with E-state index in [0.717, 1.165) is 23.1 Å². The van der Waals surface area contributed by atoms with Crippen LogP contribution in [0.4, 0.5) is 0 Å². The van der Waals surface area contributed by atoms with Gasteiger partial charge in [0.05, 0.1) is 4.47 Å². The lowest BCUT2D eigenvalue weighted by atomic mass is 9.90. The van der Waals surface area contributed by atoms with E-state index in [9.17, 15) is 0 Å². The van der Waals surface area contributed by atoms with Crippen LogP contribution < -0.4 is 5.32 Å². The van der Waals surface area contributed by atoms with Gasteiger partial charge in [-0.15, -0.1) is 0 Å². The molecule has 84 valence electrons. The fraction of sp³-hybridized carbons (Fsp3) is 0.385. The van der Waals surface area contributed by atoms with Crippen LogP contribution in [0.2, 0.25) is 0 Å². The third-order valence-electron chi connectivity index (χ3n) is 3.36. The van der Waals surface area contributed by atoms with Crippen LogP contribution in [0.5, 0.6) is 0 Å². The van der Waals surface area contributed by atoms with E-state index in [1.165, 1.54) is 23.8 Å². The zero-order valence-electron chi connectivity index (χ0n) is 9.00. The molecule has 1 saturated heterocycles. The van der Waals surface area contributed by atoms with E-state index in [1.54, 1.807) is 6.26 Å². The van der Waals surface area contributed by atoms with Crippen molar-refractivity contribution in [2.75, 3.05) is 13.1 Å². The number of halogens is 1. The Bertz CT molecular complexity index is 500. The zero-order chi connectivity index (χ0) is 11.0. The molecule has 1 aromatic heterocycles. The molecule has 0 amide bonds. The zero-order valence-corrected chi connectivity index (χ0v) is 10.6. The number of furan rings is 1. The minimum absolute atomic E-state index is 0.701. The molecule has 16 heavy (non-hydrogen) atoms. The lowest BCUT2D eigenvalue weighted by Gasteiger charge is -2.22. The second-order valence-corrected chi connectivity index (χ2v) is 5.22. The largest absolute Gasteiger partial charge is 0.463 e. The maximum Gasteiger partial charge on any atom is 0.135 e. The van der Waals surface area contributed by atoms with E-state index in [2.05, 4.69) is 39.4 Å². The summed E-state index contributed by atoms with van der Waals surface area (Å²) in [5, 5.41) is 4.59. The van der Waals surface area contributed by atoms with Gasteiger partial charge in [-0.25, -0.2) is 0 Å². The molecule has 1 aromatic carbocycles. The first kappa shape index (κ1) is 10.4. The molecule has 0 spiro atoms. The molecule has 1 aliphatic rings. The first-order valence-corrected chi connectivity index (χ1v) is 6.51. The monoisotopic (exact) mass is 279 g/mol. The molecule has 3 rings (SSSR count). The van der Waals surface area contributed by atoms with E-state index in [1.807, 2.05) is 0 Å². The second-order valence-electron chi connectivity index (χ2n) is 4.36. The van der Waals surface area contributed by atoms with Gasteiger partial charge in [-0.2, -0.15) is 0 Å². The van der Waals surface area contributed by atoms with Crippen LogP contribution in [0.1, 0.15) is 24.3 Å². The van der Waals surface area contributed by atoms with Gasteiger partial charge in [0, 0.05) is 5.39 Å². The van der Waals surface area contributed by atoms with Crippen molar-refractivity contribution in [3.63, 3.8) is 0 Å². The number of fused-ring (bicyclic) bond motifs is 1. The highest BCUT2D eigenvalue weighted by atomic mass is 79.9. The van der Waals surface area contributed by atoms with Gasteiger partial charge in [-0.05, 0) is 65.5 Å². The first-order valence-electron chi connectivity index (χ1n) is 5.72. The highest BCUT2D eigenvalue weighted by molar-refractivity contribution is 9.10. The summed E-state index contributed by atoms with van der Waals surface area (Å²) in [5.41, 5.74) is 2.40. The van der Waals surface area contributed by atoms with Crippen molar-refractivity contribution in [2.24, 2.45) is 0 Å². The quantitative estimate of drug-likeness (QED) is 0.862. The number of hydrogen-bond acceptors (Lipinski definition) is 2. The molecule has 3 heteroatoms. The lowest BCUT2D eigenvalue weighted by molar-refractivity contribution is 0.460. The van der Waals surface area contributed by atoms with Crippen LogP contribution in [0.25, 0.3) is 11.0 Å². The Morgan fingerprint density at radius 1 is 1.25 bits per heavy atom. The number of hydrogen-bond donors (Lipinski definition) is 1. The number of piperidine rings is 1. The van der Waals surface area contributed by atoms with Gasteiger partial charge >= 0.3 is 0 Å². The molecular formula is C13H14BrNO. The summed E-state index contributed by atoms with van der Waals surface area (Å²) in [7, 11) is 0. The summed E-state index contributed by atoms with van der Waals surface area (Å²) < 4.78 is 6.49. The van der Waals surface area contributed by atoms with Crippen molar-refractivity contribution in [1.82, 2.24) is 5.32 Å². The minimum Gasteiger partial charge on any atom is -0.463 e. The summed E-state index contributed by atoms with van der Waals surface area (Å²) in [6.07, 6.45) is 4.23. The van der Waals surface area contributed by atoms with Gasteiger partial charge in [0.2, 0.25) is 0 Å². The maximum absolute atomic E-state index is 5.43. The summed E-state index contributed by atoms with van der Waals surface area (Å²) in [4.78, 5) is 0. The number of rotatable bonds is 1. The highest BCUT2D eigenvalue weighted by Crippen LogP contribution is 2.32. The van der Waals surface area contributed by atoms with Gasteiger partial charge < -0.3 is 9.73 Å². The lowest BCUT2D eigenvalue weighted by Crippen LogP contribution is -2.26. The standard InChI is InChI=1S/C13H14BrNO/c14-12-8-16-13-2-1-10(7-11(12)13)9-3-5-15-6-4-9/h1-2,7-9,15H,3-6H2. The Labute approximate surface area is 103 Å². The fourth-order valence-corrected chi connectivity index (χ4v) is 2.83. The summed E-state index contributed by atoms with van der Waals surface area (Å²) in [6, 6.07) is 6.55. The van der Waals surface area contributed by atoms with Crippen LogP contribution in [0.3, 0.4) is 0 Å². The predicted molar refractivity (Wildman–Crippen MR) is 68.8 cm³/mol. The molecule has 1 aliphatic heterocycles. The molecule has 0 atom stereocenters. The Morgan fingerprint density at radius 2 is 2.06 bits per heavy atom. The molecular weight excluding hydrogens is 266 g/mol. The summed E-state index contributed by atoms with van der Waals surface area (Å²) >= 11 is 3.52. The first-order chi connectivity index (χ1) is 7.84. The smallest absolute Gasteiger partial charge is 0.135 e. The third kappa shape index (κ3) is 1.78. The minimum atomic E-state index is 0.701. The van der Waals surface area contributed by atoms with Crippen molar-refractivity contribution in [2.45, 2.75) is 18.8 Å². The van der Waals surface area contributed by atoms with E-state index in [0.29, 0.717) is 5.92 Å². The Balaban J connectivity index is 1.99. The SMILES string of the molecule is Brc1coc2ccc(C3CCNCC3)cc12. The van der Waals surface area contributed by atoms with Crippen LogP contribution in [0, 0.1) is 0 Å². The second kappa shape index (κ2) is 4.22. The van der Waals surface area contributed by atoms with E-state index in [4.69, 9.17) is 4.42 Å². The number of benzene rings is 1. The number of nitrogens with one attached hydrogen (secondary N) is 1. The summed E-state index contributed by atoms with van der Waals surface area (Å²) in [6.45, 7) is 2.27. The molecule has 2 nitrogen and oxygen atoms in total. The average molecular weight is 280 g/mol. The van der Waals surface area contributed by atoms with Crippen molar-refractivity contribution in [3.05, 3.63) is 34.5 Å². The molecule has 0 bridgehead atoms. The highest BCUT2D eigenvalue weighted by Gasteiger charge is 2.16. The Hall–Kier alpha value is -0.800. The molecule has 2 heterocycles. The normalized spacial score (nSPS) is 18.1. The predicted octanol–water partition coefficient (Wildman–Crippen LogP) is 3.66. The molecule has 0 aliphatic carbocycles. The third-order valence-corrected chi connectivity index (χ3v) is 3.97. The molecule has 1 fully saturated rings. The van der Waals surface area contributed by atoms with Crippen LogP contribution in [0.15, 0.2) is 33.4 Å². The van der Waals surface area contributed by atoms with Gasteiger partial charge in [0.1, 0.15) is 11.8 Å². The van der Waals surface area contributed by atoms with Gasteiger partial charge in [0.15, 0.2) is 0 Å². The van der Waals surface area contributed by atoms with Crippen molar-refractivity contribution < 1.29 is 4.42 Å². The van der Waals surface area contributed by atoms with E-state index < -0.39 is 0 Å². The van der Waals surface area contributed by atoms with Crippen molar-refractivity contribution in [3.8, 4) is 0 Å². The fourth-order valence-electron chi connectivity index (χ4n) is 2.42. The summed E-state index contributed by atoms with van der Waals surface area (Å²) in [5.74, 6) is 0.701. The topological polar surface area (TPSA) is 25.2 Å². The van der Waals surface area contributed by atoms with Gasteiger partial charge in [-0.3, -0.25) is 0 Å². The Morgan fingerprint density at radius 3 is 2.88 bits per heavy atom.